The van der Waals surface area contributed by atoms with E-state index in [1.165, 1.54) is 0 Å². The molecule has 0 bridgehead atoms. The van der Waals surface area contributed by atoms with E-state index >= 15 is 0 Å². The molecule has 1 aromatic rings. The first-order valence-electron chi connectivity index (χ1n) is 6.51. The summed E-state index contributed by atoms with van der Waals surface area (Å²) in [6.45, 7) is 6.55. The summed E-state index contributed by atoms with van der Waals surface area (Å²) in [6.07, 6.45) is -0.546. The topological polar surface area (TPSA) is 44.8 Å². The predicted molar refractivity (Wildman–Crippen MR) is 73.5 cm³/mol. The van der Waals surface area contributed by atoms with Crippen LogP contribution in [0.5, 0.6) is 5.75 Å². The van der Waals surface area contributed by atoms with E-state index in [1.54, 1.807) is 7.11 Å². The number of hydrogen-bond acceptors (Lipinski definition) is 4. The van der Waals surface area contributed by atoms with E-state index in [2.05, 4.69) is 0 Å². The number of benzene rings is 1. The Morgan fingerprint density at radius 1 is 1.21 bits per heavy atom. The zero-order valence-electron chi connectivity index (χ0n) is 12.1. The molecule has 0 N–H and O–H groups in total. The summed E-state index contributed by atoms with van der Waals surface area (Å²) in [5, 5.41) is 0. The third-order valence-electron chi connectivity index (χ3n) is 2.70. The van der Waals surface area contributed by atoms with Gasteiger partial charge in [-0.1, -0.05) is 17.7 Å². The first-order valence-corrected chi connectivity index (χ1v) is 6.51. The number of aryl methyl sites for hydroxylation is 1. The van der Waals surface area contributed by atoms with Crippen LogP contribution in [-0.2, 0) is 20.7 Å². The monoisotopic (exact) mass is 266 g/mol. The smallest absolute Gasteiger partial charge is 0.218 e. The number of carbonyl (C=O) groups excluding carboxylic acids is 1. The molecule has 0 unspecified atom stereocenters. The van der Waals surface area contributed by atoms with E-state index in [0.717, 1.165) is 11.1 Å². The van der Waals surface area contributed by atoms with Gasteiger partial charge in [0.2, 0.25) is 6.29 Å². The van der Waals surface area contributed by atoms with Gasteiger partial charge in [0.1, 0.15) is 5.75 Å². The molecule has 106 valence electrons. The Hall–Kier alpha value is -1.39. The van der Waals surface area contributed by atoms with Crippen molar-refractivity contribution < 1.29 is 19.0 Å². The van der Waals surface area contributed by atoms with Gasteiger partial charge >= 0.3 is 0 Å². The summed E-state index contributed by atoms with van der Waals surface area (Å²) in [5.41, 5.74) is 1.95. The number of ether oxygens (including phenoxy) is 3. The third-order valence-corrected chi connectivity index (χ3v) is 2.70. The molecule has 0 fully saturated rings. The van der Waals surface area contributed by atoms with Gasteiger partial charge in [-0.05, 0) is 26.8 Å². The number of rotatable bonds is 8. The van der Waals surface area contributed by atoms with Crippen LogP contribution in [0, 0.1) is 6.92 Å². The van der Waals surface area contributed by atoms with E-state index in [0.29, 0.717) is 19.0 Å². The van der Waals surface area contributed by atoms with Gasteiger partial charge in [0.25, 0.3) is 0 Å². The number of methoxy groups -OCH3 is 1. The maximum Gasteiger partial charge on any atom is 0.218 e. The van der Waals surface area contributed by atoms with Crippen LogP contribution in [0.15, 0.2) is 18.2 Å². The Kier molecular flexibility index (Phi) is 6.53. The maximum absolute atomic E-state index is 12.2. The van der Waals surface area contributed by atoms with E-state index < -0.39 is 6.29 Å². The first kappa shape index (κ1) is 15.7. The summed E-state index contributed by atoms with van der Waals surface area (Å²) < 4.78 is 15.9. The average molecular weight is 266 g/mol. The highest BCUT2D eigenvalue weighted by molar-refractivity contribution is 5.84. The fourth-order valence-electron chi connectivity index (χ4n) is 1.85. The van der Waals surface area contributed by atoms with Crippen molar-refractivity contribution in [2.75, 3.05) is 20.3 Å². The van der Waals surface area contributed by atoms with Crippen molar-refractivity contribution in [1.82, 2.24) is 0 Å². The molecule has 0 heterocycles. The van der Waals surface area contributed by atoms with Crippen LogP contribution < -0.4 is 4.74 Å². The Labute approximate surface area is 114 Å². The Morgan fingerprint density at radius 3 is 2.37 bits per heavy atom. The van der Waals surface area contributed by atoms with Crippen molar-refractivity contribution in [3.63, 3.8) is 0 Å². The lowest BCUT2D eigenvalue weighted by atomic mass is 10.0. The fraction of sp³-hybridized carbons (Fsp3) is 0.533. The van der Waals surface area contributed by atoms with Crippen LogP contribution >= 0.6 is 0 Å². The zero-order valence-corrected chi connectivity index (χ0v) is 12.1. The number of carbonyl (C=O) groups is 1. The Morgan fingerprint density at radius 2 is 1.84 bits per heavy atom. The summed E-state index contributed by atoms with van der Waals surface area (Å²) >= 11 is 0. The van der Waals surface area contributed by atoms with Crippen molar-refractivity contribution in [2.24, 2.45) is 0 Å². The van der Waals surface area contributed by atoms with Gasteiger partial charge < -0.3 is 14.2 Å². The molecule has 1 aromatic carbocycles. The van der Waals surface area contributed by atoms with E-state index in [-0.39, 0.29) is 12.2 Å². The SMILES string of the molecule is CCOC(OCC)C(=O)Cc1cc(C)ccc1OC. The van der Waals surface area contributed by atoms with Crippen molar-refractivity contribution >= 4 is 5.78 Å². The van der Waals surface area contributed by atoms with Gasteiger partial charge in [0.05, 0.1) is 7.11 Å². The Bertz CT molecular complexity index is 409. The van der Waals surface area contributed by atoms with Crippen molar-refractivity contribution in [3.05, 3.63) is 29.3 Å². The lowest BCUT2D eigenvalue weighted by Gasteiger charge is -2.16. The highest BCUT2D eigenvalue weighted by atomic mass is 16.7. The molecule has 0 amide bonds. The molecule has 19 heavy (non-hydrogen) atoms. The molecule has 0 spiro atoms. The first-order chi connectivity index (χ1) is 9.12. The quantitative estimate of drug-likeness (QED) is 0.678. The van der Waals surface area contributed by atoms with Gasteiger partial charge in [-0.15, -0.1) is 0 Å². The lowest BCUT2D eigenvalue weighted by molar-refractivity contribution is -0.167. The molecule has 0 radical (unpaired) electrons. The molecule has 1 rings (SSSR count). The van der Waals surface area contributed by atoms with Crippen molar-refractivity contribution in [3.8, 4) is 5.75 Å². The minimum absolute atomic E-state index is 0.0902. The standard InChI is InChI=1S/C15H22O4/c1-5-18-15(19-6-2)13(16)10-12-9-11(3)7-8-14(12)17-4/h7-9,15H,5-6,10H2,1-4H3. The van der Waals surface area contributed by atoms with Crippen LogP contribution in [0.3, 0.4) is 0 Å². The van der Waals surface area contributed by atoms with Crippen LogP contribution in [0.25, 0.3) is 0 Å². The van der Waals surface area contributed by atoms with Crippen molar-refractivity contribution in [1.29, 1.82) is 0 Å². The van der Waals surface area contributed by atoms with Crippen LogP contribution in [-0.4, -0.2) is 32.4 Å². The molecular weight excluding hydrogens is 244 g/mol. The molecule has 4 heteroatoms. The summed E-state index contributed by atoms with van der Waals surface area (Å²) in [4.78, 5) is 12.2. The number of ketones is 1. The second kappa shape index (κ2) is 7.92. The van der Waals surface area contributed by atoms with E-state index in [9.17, 15) is 4.79 Å². The van der Waals surface area contributed by atoms with Gasteiger partial charge in [-0.3, -0.25) is 4.79 Å². The second-order valence-electron chi connectivity index (χ2n) is 4.20. The molecule has 0 atom stereocenters. The van der Waals surface area contributed by atoms with Crippen LogP contribution in [0.1, 0.15) is 25.0 Å². The molecule has 0 aliphatic heterocycles. The maximum atomic E-state index is 12.2. The van der Waals surface area contributed by atoms with Crippen molar-refractivity contribution in [2.45, 2.75) is 33.5 Å². The third kappa shape index (κ3) is 4.65. The second-order valence-corrected chi connectivity index (χ2v) is 4.20. The normalized spacial score (nSPS) is 10.8. The summed E-state index contributed by atoms with van der Waals surface area (Å²) in [5.74, 6) is 0.623. The molecule has 4 nitrogen and oxygen atoms in total. The Balaban J connectivity index is 2.82. The molecule has 0 saturated heterocycles. The van der Waals surface area contributed by atoms with E-state index in [1.807, 2.05) is 39.0 Å². The van der Waals surface area contributed by atoms with Gasteiger partial charge in [0, 0.05) is 25.2 Å². The lowest BCUT2D eigenvalue weighted by Crippen LogP contribution is -2.29. The van der Waals surface area contributed by atoms with Gasteiger partial charge in [0.15, 0.2) is 5.78 Å². The average Bonchev–Trinajstić information content (AvgIpc) is 2.38. The molecule has 0 aliphatic carbocycles. The molecule has 0 aliphatic rings. The number of hydrogen-bond donors (Lipinski definition) is 0. The minimum Gasteiger partial charge on any atom is -0.496 e. The predicted octanol–water partition coefficient (Wildman–Crippen LogP) is 2.51. The minimum atomic E-state index is -0.791. The molecule has 0 saturated carbocycles. The molecule has 0 aromatic heterocycles. The highest BCUT2D eigenvalue weighted by Gasteiger charge is 2.20. The largest absolute Gasteiger partial charge is 0.496 e. The summed E-state index contributed by atoms with van der Waals surface area (Å²) in [7, 11) is 1.60. The highest BCUT2D eigenvalue weighted by Crippen LogP contribution is 2.21. The zero-order chi connectivity index (χ0) is 14.3. The van der Waals surface area contributed by atoms with Crippen LogP contribution in [0.2, 0.25) is 0 Å². The number of Topliss-reactive ketones (excluding diaryl/α,β-unsaturated/α-hetero) is 1. The summed E-state index contributed by atoms with van der Waals surface area (Å²) in [6, 6.07) is 5.77. The van der Waals surface area contributed by atoms with Crippen LogP contribution in [0.4, 0.5) is 0 Å². The van der Waals surface area contributed by atoms with E-state index in [4.69, 9.17) is 14.2 Å². The molecular formula is C15H22O4. The van der Waals surface area contributed by atoms with Gasteiger partial charge in [-0.2, -0.15) is 0 Å². The fourth-order valence-corrected chi connectivity index (χ4v) is 1.85. The van der Waals surface area contributed by atoms with Gasteiger partial charge in [-0.25, -0.2) is 0 Å².